The second-order valence-corrected chi connectivity index (χ2v) is 10.0. The number of anilines is 1. The van der Waals surface area contributed by atoms with E-state index in [-0.39, 0.29) is 27.5 Å². The molecule has 4 aromatic rings. The molecule has 3 aromatic carbocycles. The average molecular weight is 593 g/mol. The number of pyridine rings is 1. The van der Waals surface area contributed by atoms with Crippen LogP contribution in [-0.2, 0) is 6.42 Å². The van der Waals surface area contributed by atoms with Crippen molar-refractivity contribution in [1.82, 2.24) is 10.3 Å². The molecule has 4 rings (SSSR count). The lowest BCUT2D eigenvalue weighted by atomic mass is 10.0. The number of carbonyl (C=O) groups is 1. The van der Waals surface area contributed by atoms with Gasteiger partial charge in [-0.2, -0.15) is 0 Å². The van der Waals surface area contributed by atoms with E-state index in [0.29, 0.717) is 39.7 Å². The molecule has 1 unspecified atom stereocenters. The maximum Gasteiger partial charge on any atom is 0.251 e. The van der Waals surface area contributed by atoms with Gasteiger partial charge in [-0.3, -0.25) is 4.79 Å². The van der Waals surface area contributed by atoms with Crippen molar-refractivity contribution in [3.63, 3.8) is 0 Å². The molecule has 1 aromatic heterocycles. The summed E-state index contributed by atoms with van der Waals surface area (Å²) in [5.41, 5.74) is 9.11. The number of amides is 1. The number of hydrogen-bond donors (Lipinski definition) is 2. The molecular weight excluding hydrogens is 571 g/mol. The minimum atomic E-state index is -0.697. The van der Waals surface area contributed by atoms with Crippen LogP contribution >= 0.6 is 46.4 Å². The van der Waals surface area contributed by atoms with Gasteiger partial charge in [0, 0.05) is 44.5 Å². The Labute approximate surface area is 239 Å². The lowest BCUT2D eigenvalue weighted by Crippen LogP contribution is -2.25. The summed E-state index contributed by atoms with van der Waals surface area (Å²) in [6, 6.07) is 16.6. The van der Waals surface area contributed by atoms with Gasteiger partial charge in [-0.05, 0) is 66.9 Å². The average Bonchev–Trinajstić information content (AvgIpc) is 2.89. The Kier molecular flexibility index (Phi) is 9.00. The van der Waals surface area contributed by atoms with Crippen LogP contribution in [0.3, 0.4) is 0 Å². The summed E-state index contributed by atoms with van der Waals surface area (Å²) in [5, 5.41) is 4.16. The van der Waals surface area contributed by atoms with Crippen LogP contribution in [0.15, 0.2) is 66.9 Å². The fourth-order valence-corrected chi connectivity index (χ4v) is 5.12. The van der Waals surface area contributed by atoms with Gasteiger partial charge in [0.1, 0.15) is 11.9 Å². The number of benzene rings is 3. The molecule has 0 fully saturated rings. The predicted molar refractivity (Wildman–Crippen MR) is 152 cm³/mol. The molecule has 1 heterocycles. The highest BCUT2D eigenvalue weighted by molar-refractivity contribution is 6.36. The first kappa shape index (κ1) is 28.0. The molecule has 0 bridgehead atoms. The van der Waals surface area contributed by atoms with Crippen molar-refractivity contribution < 1.29 is 13.9 Å². The molecule has 0 radical (unpaired) electrons. The van der Waals surface area contributed by atoms with Crippen molar-refractivity contribution in [1.29, 1.82) is 0 Å². The van der Waals surface area contributed by atoms with E-state index in [2.05, 4.69) is 10.3 Å². The van der Waals surface area contributed by atoms with E-state index in [1.54, 1.807) is 61.7 Å². The zero-order valence-corrected chi connectivity index (χ0v) is 23.1. The number of nitrogen functional groups attached to an aromatic ring is 1. The standard InChI is InChI=1S/C28H22Cl4FN3O2/c1-15(25-22(31)9-10-23(33)26(25)32)38-24-13-18(14-36-27(24)34)16-5-7-17(8-6-16)28(37)35-12-11-19-20(29)3-2-4-21(19)30/h2-10,13-15H,11-12H2,1H3,(H2,34,36)(H,35,37). The summed E-state index contributed by atoms with van der Waals surface area (Å²) >= 11 is 24.7. The second kappa shape index (κ2) is 12.2. The molecule has 0 aliphatic rings. The third-order valence-electron chi connectivity index (χ3n) is 5.87. The summed E-state index contributed by atoms with van der Waals surface area (Å²) in [7, 11) is 0. The van der Waals surface area contributed by atoms with E-state index in [1.807, 2.05) is 0 Å². The first-order valence-corrected chi connectivity index (χ1v) is 13.0. The normalized spacial score (nSPS) is 11.7. The van der Waals surface area contributed by atoms with Gasteiger partial charge in [-0.25, -0.2) is 9.37 Å². The molecule has 196 valence electrons. The molecule has 10 heteroatoms. The molecule has 1 atom stereocenters. The Morgan fingerprint density at radius 3 is 2.37 bits per heavy atom. The summed E-state index contributed by atoms with van der Waals surface area (Å²) in [5.74, 6) is -0.389. The maximum absolute atomic E-state index is 14.0. The minimum absolute atomic E-state index is 0.114. The van der Waals surface area contributed by atoms with Crippen molar-refractivity contribution in [2.75, 3.05) is 12.3 Å². The summed E-state index contributed by atoms with van der Waals surface area (Å²) in [6.07, 6.45) is 1.40. The van der Waals surface area contributed by atoms with Gasteiger partial charge in [-0.1, -0.05) is 64.6 Å². The van der Waals surface area contributed by atoms with Crippen molar-refractivity contribution in [3.8, 4) is 16.9 Å². The van der Waals surface area contributed by atoms with Crippen LogP contribution in [0.4, 0.5) is 10.2 Å². The molecule has 38 heavy (non-hydrogen) atoms. The Balaban J connectivity index is 1.44. The molecule has 0 saturated carbocycles. The third kappa shape index (κ3) is 6.33. The number of halogens is 5. The molecular formula is C28H22Cl4FN3O2. The van der Waals surface area contributed by atoms with Crippen molar-refractivity contribution >= 4 is 58.1 Å². The lowest BCUT2D eigenvalue weighted by Gasteiger charge is -2.19. The van der Waals surface area contributed by atoms with E-state index in [4.69, 9.17) is 56.9 Å². The fraction of sp³-hybridized carbons (Fsp3) is 0.143. The van der Waals surface area contributed by atoms with Crippen LogP contribution in [-0.4, -0.2) is 17.4 Å². The number of aromatic nitrogens is 1. The molecule has 0 aliphatic heterocycles. The second-order valence-electron chi connectivity index (χ2n) is 8.41. The zero-order chi connectivity index (χ0) is 27.4. The van der Waals surface area contributed by atoms with Crippen molar-refractivity contribution in [2.24, 2.45) is 0 Å². The fourth-order valence-electron chi connectivity index (χ4n) is 3.86. The number of nitrogens with one attached hydrogen (secondary N) is 1. The van der Waals surface area contributed by atoms with Crippen LogP contribution in [0, 0.1) is 5.82 Å². The Morgan fingerprint density at radius 1 is 1.00 bits per heavy atom. The smallest absolute Gasteiger partial charge is 0.251 e. The number of nitrogens with two attached hydrogens (primary N) is 1. The highest BCUT2D eigenvalue weighted by Crippen LogP contribution is 2.37. The lowest BCUT2D eigenvalue weighted by molar-refractivity contribution is 0.0954. The minimum Gasteiger partial charge on any atom is -0.482 e. The van der Waals surface area contributed by atoms with Crippen LogP contribution in [0.5, 0.6) is 5.75 Å². The number of rotatable bonds is 8. The number of hydrogen-bond acceptors (Lipinski definition) is 4. The van der Waals surface area contributed by atoms with Crippen LogP contribution < -0.4 is 15.8 Å². The molecule has 0 spiro atoms. The maximum atomic E-state index is 14.0. The highest BCUT2D eigenvalue weighted by atomic mass is 35.5. The van der Waals surface area contributed by atoms with Gasteiger partial charge in [0.05, 0.1) is 5.02 Å². The van der Waals surface area contributed by atoms with E-state index < -0.39 is 11.9 Å². The Morgan fingerprint density at radius 2 is 1.68 bits per heavy atom. The van der Waals surface area contributed by atoms with Crippen molar-refractivity contribution in [3.05, 3.63) is 109 Å². The largest absolute Gasteiger partial charge is 0.482 e. The molecule has 0 saturated heterocycles. The highest BCUT2D eigenvalue weighted by Gasteiger charge is 2.20. The van der Waals surface area contributed by atoms with Crippen LogP contribution in [0.1, 0.15) is 34.5 Å². The van der Waals surface area contributed by atoms with E-state index in [0.717, 1.165) is 11.1 Å². The molecule has 1 amide bonds. The zero-order valence-electron chi connectivity index (χ0n) is 20.1. The predicted octanol–water partition coefficient (Wildman–Crippen LogP) is 8.20. The third-order valence-corrected chi connectivity index (χ3v) is 7.30. The van der Waals surface area contributed by atoms with E-state index in [1.165, 1.54) is 12.1 Å². The first-order chi connectivity index (χ1) is 18.2. The van der Waals surface area contributed by atoms with E-state index in [9.17, 15) is 9.18 Å². The van der Waals surface area contributed by atoms with Crippen LogP contribution in [0.2, 0.25) is 20.1 Å². The monoisotopic (exact) mass is 591 g/mol. The van der Waals surface area contributed by atoms with Gasteiger partial charge in [0.2, 0.25) is 0 Å². The number of nitrogens with zero attached hydrogens (tertiary/aromatic N) is 1. The molecule has 5 nitrogen and oxygen atoms in total. The SMILES string of the molecule is CC(Oc1cc(-c2ccc(C(=O)NCCc3c(Cl)cccc3Cl)cc2)cnc1N)c1c(Cl)ccc(F)c1Cl. The number of carbonyl (C=O) groups excluding carboxylic acids is 1. The summed E-state index contributed by atoms with van der Waals surface area (Å²) in [4.78, 5) is 16.8. The van der Waals surface area contributed by atoms with Gasteiger partial charge in [0.25, 0.3) is 5.91 Å². The van der Waals surface area contributed by atoms with Gasteiger partial charge in [-0.15, -0.1) is 0 Å². The molecule has 0 aliphatic carbocycles. The Hall–Kier alpha value is -3.03. The summed E-state index contributed by atoms with van der Waals surface area (Å²) in [6.45, 7) is 2.07. The molecule has 3 N–H and O–H groups in total. The van der Waals surface area contributed by atoms with Gasteiger partial charge in [0.15, 0.2) is 11.6 Å². The Bertz CT molecular complexity index is 1460. The van der Waals surface area contributed by atoms with Gasteiger partial charge >= 0.3 is 0 Å². The first-order valence-electron chi connectivity index (χ1n) is 11.5. The van der Waals surface area contributed by atoms with Gasteiger partial charge < -0.3 is 15.8 Å². The van der Waals surface area contributed by atoms with Crippen molar-refractivity contribution in [2.45, 2.75) is 19.4 Å². The van der Waals surface area contributed by atoms with E-state index >= 15 is 0 Å². The topological polar surface area (TPSA) is 77.2 Å². The number of ether oxygens (including phenoxy) is 1. The van der Waals surface area contributed by atoms with Crippen LogP contribution in [0.25, 0.3) is 11.1 Å². The summed E-state index contributed by atoms with van der Waals surface area (Å²) < 4.78 is 19.9. The quantitative estimate of drug-likeness (QED) is 0.202.